The fourth-order valence-corrected chi connectivity index (χ4v) is 4.41. The van der Waals surface area contributed by atoms with Crippen molar-refractivity contribution >= 4 is 40.9 Å². The molecule has 1 N–H and O–H groups in total. The zero-order valence-corrected chi connectivity index (χ0v) is 18.8. The number of rotatable bonds is 4. The fraction of sp³-hybridized carbons (Fsp3) is 0.348. The van der Waals surface area contributed by atoms with Crippen molar-refractivity contribution in [2.24, 2.45) is 0 Å². The van der Waals surface area contributed by atoms with Crippen LogP contribution in [0.25, 0.3) is 11.8 Å². The molecule has 3 heterocycles. The molecule has 0 unspecified atom stereocenters. The highest BCUT2D eigenvalue weighted by molar-refractivity contribution is 7.80. The van der Waals surface area contributed by atoms with Gasteiger partial charge in [0.25, 0.3) is 11.8 Å². The standard InChI is InChI=1S/C23H26N4O3S/c1-4-26-22(29)20(21(28)24-23(26)31)14-17-13-15(2)27(16(17)3)19-7-5-18(6-8-19)25-9-11-30-12-10-25/h5-8,13-14H,4,9-12H2,1-3H3,(H,24,28,31)/b20-14-. The molecular weight excluding hydrogens is 412 g/mol. The van der Waals surface area contributed by atoms with Gasteiger partial charge in [0, 0.05) is 42.4 Å². The minimum Gasteiger partial charge on any atom is -0.378 e. The van der Waals surface area contributed by atoms with Crippen LogP contribution in [0, 0.1) is 13.8 Å². The first-order chi connectivity index (χ1) is 14.9. The molecule has 2 fully saturated rings. The van der Waals surface area contributed by atoms with Gasteiger partial charge in [-0.3, -0.25) is 19.8 Å². The number of carbonyl (C=O) groups is 2. The molecule has 2 aliphatic rings. The predicted octanol–water partition coefficient (Wildman–Crippen LogP) is 2.58. The summed E-state index contributed by atoms with van der Waals surface area (Å²) >= 11 is 5.10. The number of anilines is 1. The summed E-state index contributed by atoms with van der Waals surface area (Å²) in [6.45, 7) is 9.53. The highest BCUT2D eigenvalue weighted by Gasteiger charge is 2.32. The van der Waals surface area contributed by atoms with Gasteiger partial charge in [-0.2, -0.15) is 0 Å². The van der Waals surface area contributed by atoms with E-state index in [-0.39, 0.29) is 16.6 Å². The van der Waals surface area contributed by atoms with Crippen LogP contribution >= 0.6 is 12.2 Å². The Bertz CT molecular complexity index is 1070. The molecule has 4 rings (SSSR count). The number of nitrogens with one attached hydrogen (secondary N) is 1. The van der Waals surface area contributed by atoms with Crippen LogP contribution in [0.4, 0.5) is 5.69 Å². The highest BCUT2D eigenvalue weighted by Crippen LogP contribution is 2.26. The number of aryl methyl sites for hydroxylation is 1. The third kappa shape index (κ3) is 4.00. The van der Waals surface area contributed by atoms with Crippen LogP contribution < -0.4 is 10.2 Å². The SMILES string of the molecule is CCN1C(=O)/C(=C\c2cc(C)n(-c3ccc(N4CCOCC4)cc3)c2C)C(=O)NC1=S. The minimum absolute atomic E-state index is 0.0957. The zero-order chi connectivity index (χ0) is 22.1. The first-order valence-electron chi connectivity index (χ1n) is 10.4. The molecule has 2 amide bonds. The van der Waals surface area contributed by atoms with Gasteiger partial charge in [-0.05, 0) is 75.0 Å². The lowest BCUT2D eigenvalue weighted by Crippen LogP contribution is -2.53. The maximum Gasteiger partial charge on any atom is 0.265 e. The van der Waals surface area contributed by atoms with Crippen molar-refractivity contribution in [1.82, 2.24) is 14.8 Å². The Kier molecular flexibility index (Phi) is 5.93. The Morgan fingerprint density at radius 1 is 1.10 bits per heavy atom. The Balaban J connectivity index is 1.65. The number of ether oxygens (including phenoxy) is 1. The first-order valence-corrected chi connectivity index (χ1v) is 10.8. The Morgan fingerprint density at radius 3 is 2.39 bits per heavy atom. The second kappa shape index (κ2) is 8.64. The molecule has 0 bridgehead atoms. The molecule has 0 aliphatic carbocycles. The predicted molar refractivity (Wildman–Crippen MR) is 124 cm³/mol. The third-order valence-electron chi connectivity index (χ3n) is 5.76. The van der Waals surface area contributed by atoms with Crippen LogP contribution in [0.15, 0.2) is 35.9 Å². The number of benzene rings is 1. The van der Waals surface area contributed by atoms with E-state index >= 15 is 0 Å². The van der Waals surface area contributed by atoms with Crippen molar-refractivity contribution in [3.05, 3.63) is 52.9 Å². The van der Waals surface area contributed by atoms with Crippen molar-refractivity contribution in [2.75, 3.05) is 37.7 Å². The highest BCUT2D eigenvalue weighted by atomic mass is 32.1. The quantitative estimate of drug-likeness (QED) is 0.452. The summed E-state index contributed by atoms with van der Waals surface area (Å²) in [5, 5.41) is 2.75. The molecule has 162 valence electrons. The average Bonchev–Trinajstić information content (AvgIpc) is 3.05. The van der Waals surface area contributed by atoms with Crippen LogP contribution in [0.2, 0.25) is 0 Å². The Hall–Kier alpha value is -2.97. The number of amides is 2. The number of nitrogens with zero attached hydrogens (tertiary/aromatic N) is 3. The number of likely N-dealkylation sites (N-methyl/N-ethyl adjacent to an activating group) is 1. The minimum atomic E-state index is -0.459. The molecule has 1 aromatic heterocycles. The number of hydrogen-bond donors (Lipinski definition) is 1. The van der Waals surface area contributed by atoms with Crippen molar-refractivity contribution < 1.29 is 14.3 Å². The molecule has 2 aliphatic heterocycles. The summed E-state index contributed by atoms with van der Waals surface area (Å²) in [4.78, 5) is 28.8. The number of morpholine rings is 1. The summed E-state index contributed by atoms with van der Waals surface area (Å²) in [6.07, 6.45) is 1.66. The first kappa shape index (κ1) is 21.3. The lowest BCUT2D eigenvalue weighted by Gasteiger charge is -2.29. The summed E-state index contributed by atoms with van der Waals surface area (Å²) in [7, 11) is 0. The molecule has 2 aromatic rings. The molecule has 1 aromatic carbocycles. The van der Waals surface area contributed by atoms with Crippen LogP contribution in [0.5, 0.6) is 0 Å². The van der Waals surface area contributed by atoms with E-state index in [0.717, 1.165) is 48.9 Å². The number of hydrogen-bond acceptors (Lipinski definition) is 5. The van der Waals surface area contributed by atoms with Crippen molar-refractivity contribution in [1.29, 1.82) is 0 Å². The van der Waals surface area contributed by atoms with Crippen LogP contribution in [0.1, 0.15) is 23.9 Å². The zero-order valence-electron chi connectivity index (χ0n) is 18.0. The molecule has 0 saturated carbocycles. The van der Waals surface area contributed by atoms with Gasteiger partial charge >= 0.3 is 0 Å². The van der Waals surface area contributed by atoms with Crippen LogP contribution in [-0.2, 0) is 14.3 Å². The number of thiocarbonyl (C=S) groups is 1. The van der Waals surface area contributed by atoms with Crippen molar-refractivity contribution in [3.63, 3.8) is 0 Å². The molecule has 31 heavy (non-hydrogen) atoms. The molecule has 7 nitrogen and oxygen atoms in total. The smallest absolute Gasteiger partial charge is 0.265 e. The van der Waals surface area contributed by atoms with E-state index in [0.29, 0.717) is 6.54 Å². The summed E-state index contributed by atoms with van der Waals surface area (Å²) in [5.74, 6) is -0.824. The second-order valence-corrected chi connectivity index (χ2v) is 8.03. The normalized spacial score (nSPS) is 18.7. The summed E-state index contributed by atoms with van der Waals surface area (Å²) in [6, 6.07) is 10.4. The third-order valence-corrected chi connectivity index (χ3v) is 6.08. The van der Waals surface area contributed by atoms with Gasteiger partial charge < -0.3 is 14.2 Å². The van der Waals surface area contributed by atoms with Gasteiger partial charge in [-0.1, -0.05) is 0 Å². The van der Waals surface area contributed by atoms with Gasteiger partial charge in [0.05, 0.1) is 13.2 Å². The second-order valence-electron chi connectivity index (χ2n) is 7.64. The van der Waals surface area contributed by atoms with E-state index in [9.17, 15) is 9.59 Å². The van der Waals surface area contributed by atoms with E-state index in [2.05, 4.69) is 39.0 Å². The van der Waals surface area contributed by atoms with E-state index in [4.69, 9.17) is 17.0 Å². The lowest BCUT2D eigenvalue weighted by atomic mass is 10.1. The van der Waals surface area contributed by atoms with Gasteiger partial charge in [0.15, 0.2) is 5.11 Å². The molecule has 2 saturated heterocycles. The fourth-order valence-electron chi connectivity index (χ4n) is 4.10. The number of carbonyl (C=O) groups excluding carboxylic acids is 2. The molecule has 0 radical (unpaired) electrons. The van der Waals surface area contributed by atoms with Crippen LogP contribution in [0.3, 0.4) is 0 Å². The van der Waals surface area contributed by atoms with E-state index < -0.39 is 5.91 Å². The maximum absolute atomic E-state index is 12.7. The van der Waals surface area contributed by atoms with Gasteiger partial charge in [-0.25, -0.2) is 0 Å². The summed E-state index contributed by atoms with van der Waals surface area (Å²) in [5.41, 5.74) is 5.12. The maximum atomic E-state index is 12.7. The molecular formula is C23H26N4O3S. The van der Waals surface area contributed by atoms with E-state index in [1.807, 2.05) is 26.8 Å². The van der Waals surface area contributed by atoms with Gasteiger partial charge in [0.1, 0.15) is 5.57 Å². The average molecular weight is 439 g/mol. The monoisotopic (exact) mass is 438 g/mol. The van der Waals surface area contributed by atoms with E-state index in [1.54, 1.807) is 6.08 Å². The largest absolute Gasteiger partial charge is 0.378 e. The molecule has 0 spiro atoms. The van der Waals surface area contributed by atoms with Gasteiger partial charge in [-0.15, -0.1) is 0 Å². The Labute approximate surface area is 187 Å². The summed E-state index contributed by atoms with van der Waals surface area (Å²) < 4.78 is 7.56. The Morgan fingerprint density at radius 2 is 1.74 bits per heavy atom. The lowest BCUT2D eigenvalue weighted by molar-refractivity contribution is -0.128. The van der Waals surface area contributed by atoms with Crippen molar-refractivity contribution in [2.45, 2.75) is 20.8 Å². The molecule has 0 atom stereocenters. The van der Waals surface area contributed by atoms with E-state index in [1.165, 1.54) is 10.6 Å². The van der Waals surface area contributed by atoms with Gasteiger partial charge in [0.2, 0.25) is 0 Å². The number of aromatic nitrogens is 1. The molecule has 8 heteroatoms. The topological polar surface area (TPSA) is 66.8 Å². The van der Waals surface area contributed by atoms with Crippen molar-refractivity contribution in [3.8, 4) is 5.69 Å². The van der Waals surface area contributed by atoms with Crippen LogP contribution in [-0.4, -0.2) is 59.2 Å².